The van der Waals surface area contributed by atoms with Gasteiger partial charge in [0.25, 0.3) is 5.69 Å². The van der Waals surface area contributed by atoms with Gasteiger partial charge in [0.2, 0.25) is 5.91 Å². The van der Waals surface area contributed by atoms with E-state index in [1.165, 1.54) is 17.2 Å². The molecular weight excluding hydrogens is 272 g/mol. The Morgan fingerprint density at radius 3 is 2.81 bits per heavy atom. The molecule has 21 heavy (non-hydrogen) atoms. The molecule has 0 saturated heterocycles. The summed E-state index contributed by atoms with van der Waals surface area (Å²) in [5, 5.41) is 14.8. The number of carbonyl (C=O) groups excluding carboxylic acids is 1. The first kappa shape index (κ1) is 14.7. The SMILES string of the molecule is CN(C)C(=O)CCNc1ccc([N+](=O)[O-])c2ncccc12. The van der Waals surface area contributed by atoms with E-state index >= 15 is 0 Å². The molecule has 0 saturated carbocycles. The Balaban J connectivity index is 2.23. The first-order valence-electron chi connectivity index (χ1n) is 6.47. The molecule has 0 bridgehead atoms. The molecule has 2 rings (SSSR count). The Hall–Kier alpha value is -2.70. The highest BCUT2D eigenvalue weighted by molar-refractivity contribution is 5.97. The van der Waals surface area contributed by atoms with Gasteiger partial charge in [0.05, 0.1) is 4.92 Å². The average Bonchev–Trinajstić information content (AvgIpc) is 2.46. The summed E-state index contributed by atoms with van der Waals surface area (Å²) in [4.78, 5) is 27.7. The average molecular weight is 288 g/mol. The number of rotatable bonds is 5. The van der Waals surface area contributed by atoms with E-state index in [-0.39, 0.29) is 11.6 Å². The van der Waals surface area contributed by atoms with Gasteiger partial charge in [-0.25, -0.2) is 4.98 Å². The van der Waals surface area contributed by atoms with Crippen molar-refractivity contribution in [2.75, 3.05) is 26.0 Å². The number of anilines is 1. The summed E-state index contributed by atoms with van der Waals surface area (Å²) in [5.41, 5.74) is 1.04. The van der Waals surface area contributed by atoms with Crippen LogP contribution < -0.4 is 5.32 Å². The highest BCUT2D eigenvalue weighted by Gasteiger charge is 2.15. The van der Waals surface area contributed by atoms with Crippen LogP contribution in [-0.2, 0) is 4.79 Å². The molecule has 0 radical (unpaired) electrons. The molecule has 2 aromatic rings. The molecular formula is C14H16N4O3. The van der Waals surface area contributed by atoms with E-state index in [0.29, 0.717) is 23.9 Å². The van der Waals surface area contributed by atoms with Crippen molar-refractivity contribution in [2.45, 2.75) is 6.42 Å². The third-order valence-corrected chi connectivity index (χ3v) is 3.10. The Labute approximate surface area is 121 Å². The lowest BCUT2D eigenvalue weighted by Crippen LogP contribution is -2.23. The molecule has 0 atom stereocenters. The number of amides is 1. The largest absolute Gasteiger partial charge is 0.384 e. The smallest absolute Gasteiger partial charge is 0.295 e. The van der Waals surface area contributed by atoms with Gasteiger partial charge in [-0.2, -0.15) is 0 Å². The summed E-state index contributed by atoms with van der Waals surface area (Å²) in [6, 6.07) is 6.56. The number of nitrogens with zero attached hydrogens (tertiary/aromatic N) is 3. The van der Waals surface area contributed by atoms with E-state index in [1.807, 2.05) is 0 Å². The molecule has 7 nitrogen and oxygen atoms in total. The first-order valence-corrected chi connectivity index (χ1v) is 6.47. The fourth-order valence-corrected chi connectivity index (χ4v) is 1.99. The van der Waals surface area contributed by atoms with Crippen LogP contribution in [0.5, 0.6) is 0 Å². The van der Waals surface area contributed by atoms with Crippen molar-refractivity contribution < 1.29 is 9.72 Å². The number of hydrogen-bond donors (Lipinski definition) is 1. The first-order chi connectivity index (χ1) is 10.0. The topological polar surface area (TPSA) is 88.4 Å². The summed E-state index contributed by atoms with van der Waals surface area (Å²) in [7, 11) is 3.40. The van der Waals surface area contributed by atoms with Crippen LogP contribution in [0, 0.1) is 10.1 Å². The summed E-state index contributed by atoms with van der Waals surface area (Å²) in [6.45, 7) is 0.457. The number of hydrogen-bond acceptors (Lipinski definition) is 5. The molecule has 0 unspecified atom stereocenters. The lowest BCUT2D eigenvalue weighted by atomic mass is 10.1. The van der Waals surface area contributed by atoms with Crippen LogP contribution in [0.25, 0.3) is 10.9 Å². The standard InChI is InChI=1S/C14H16N4O3/c1-17(2)13(19)7-9-15-11-5-6-12(18(20)21)14-10(11)4-3-8-16-14/h3-6,8,15H,7,9H2,1-2H3. The number of nitro benzene ring substituents is 1. The number of nitrogens with one attached hydrogen (secondary N) is 1. The predicted octanol–water partition coefficient (Wildman–Crippen LogP) is 2.03. The number of fused-ring (bicyclic) bond motifs is 1. The predicted molar refractivity (Wildman–Crippen MR) is 80.2 cm³/mol. The van der Waals surface area contributed by atoms with Crippen LogP contribution in [0.15, 0.2) is 30.5 Å². The third-order valence-electron chi connectivity index (χ3n) is 3.10. The maximum absolute atomic E-state index is 11.5. The van der Waals surface area contributed by atoms with Gasteiger partial charge in [-0.05, 0) is 18.2 Å². The van der Waals surface area contributed by atoms with Crippen molar-refractivity contribution >= 4 is 28.2 Å². The monoisotopic (exact) mass is 288 g/mol. The van der Waals surface area contributed by atoms with Gasteiger partial charge in [0, 0.05) is 50.4 Å². The number of pyridine rings is 1. The number of nitro groups is 1. The van der Waals surface area contributed by atoms with Crippen LogP contribution in [0.1, 0.15) is 6.42 Å². The highest BCUT2D eigenvalue weighted by atomic mass is 16.6. The summed E-state index contributed by atoms with van der Waals surface area (Å²) in [6.07, 6.45) is 1.88. The summed E-state index contributed by atoms with van der Waals surface area (Å²) >= 11 is 0. The number of aromatic nitrogens is 1. The molecule has 1 heterocycles. The zero-order valence-corrected chi connectivity index (χ0v) is 11.9. The Bertz CT molecular complexity index is 685. The van der Waals surface area contributed by atoms with Crippen LogP contribution in [0.3, 0.4) is 0 Å². The molecule has 7 heteroatoms. The number of carbonyl (C=O) groups is 1. The summed E-state index contributed by atoms with van der Waals surface area (Å²) < 4.78 is 0. The van der Waals surface area contributed by atoms with Gasteiger partial charge in [-0.1, -0.05) is 0 Å². The van der Waals surface area contributed by atoms with Crippen molar-refractivity contribution in [3.05, 3.63) is 40.6 Å². The minimum Gasteiger partial charge on any atom is -0.384 e. The van der Waals surface area contributed by atoms with Crippen LogP contribution >= 0.6 is 0 Å². The lowest BCUT2D eigenvalue weighted by Gasteiger charge is -2.12. The molecule has 0 fully saturated rings. The number of benzene rings is 1. The van der Waals surface area contributed by atoms with Gasteiger partial charge >= 0.3 is 0 Å². The molecule has 1 N–H and O–H groups in total. The lowest BCUT2D eigenvalue weighted by molar-refractivity contribution is -0.383. The molecule has 0 aliphatic rings. The Kier molecular flexibility index (Phi) is 4.32. The van der Waals surface area contributed by atoms with Gasteiger partial charge in [-0.15, -0.1) is 0 Å². The molecule has 0 aliphatic heterocycles. The molecule has 1 amide bonds. The van der Waals surface area contributed by atoms with E-state index in [1.54, 1.807) is 32.3 Å². The second-order valence-electron chi connectivity index (χ2n) is 4.75. The minimum absolute atomic E-state index is 0.0202. The van der Waals surface area contributed by atoms with Crippen LogP contribution in [0.2, 0.25) is 0 Å². The summed E-state index contributed by atoms with van der Waals surface area (Å²) in [5.74, 6) is 0.0202. The van der Waals surface area contributed by atoms with E-state index in [2.05, 4.69) is 10.3 Å². The van der Waals surface area contributed by atoms with Crippen LogP contribution in [-0.4, -0.2) is 41.4 Å². The van der Waals surface area contributed by atoms with E-state index in [0.717, 1.165) is 5.69 Å². The maximum atomic E-state index is 11.5. The van der Waals surface area contributed by atoms with Gasteiger partial charge in [-0.3, -0.25) is 14.9 Å². The molecule has 0 aliphatic carbocycles. The van der Waals surface area contributed by atoms with E-state index in [9.17, 15) is 14.9 Å². The minimum atomic E-state index is -0.450. The zero-order valence-electron chi connectivity index (χ0n) is 11.9. The highest BCUT2D eigenvalue weighted by Crippen LogP contribution is 2.29. The van der Waals surface area contributed by atoms with E-state index in [4.69, 9.17) is 0 Å². The second-order valence-corrected chi connectivity index (χ2v) is 4.75. The van der Waals surface area contributed by atoms with Gasteiger partial charge in [0.15, 0.2) is 0 Å². The van der Waals surface area contributed by atoms with Gasteiger partial charge in [0.1, 0.15) is 5.52 Å². The second kappa shape index (κ2) is 6.17. The molecule has 110 valence electrons. The third kappa shape index (κ3) is 3.25. The zero-order chi connectivity index (χ0) is 15.4. The maximum Gasteiger partial charge on any atom is 0.295 e. The fourth-order valence-electron chi connectivity index (χ4n) is 1.99. The quantitative estimate of drug-likeness (QED) is 0.671. The van der Waals surface area contributed by atoms with E-state index < -0.39 is 4.92 Å². The van der Waals surface area contributed by atoms with Crippen molar-refractivity contribution in [3.8, 4) is 0 Å². The molecule has 0 spiro atoms. The van der Waals surface area contributed by atoms with Crippen molar-refractivity contribution in [2.24, 2.45) is 0 Å². The number of non-ortho nitro benzene ring substituents is 1. The molecule has 1 aromatic carbocycles. The van der Waals surface area contributed by atoms with Crippen LogP contribution in [0.4, 0.5) is 11.4 Å². The fraction of sp³-hybridized carbons (Fsp3) is 0.286. The van der Waals surface area contributed by atoms with Crippen molar-refractivity contribution in [1.82, 2.24) is 9.88 Å². The van der Waals surface area contributed by atoms with Crippen molar-refractivity contribution in [3.63, 3.8) is 0 Å². The van der Waals surface area contributed by atoms with Crippen molar-refractivity contribution in [1.29, 1.82) is 0 Å². The van der Waals surface area contributed by atoms with Gasteiger partial charge < -0.3 is 10.2 Å². The normalized spacial score (nSPS) is 10.4. The Morgan fingerprint density at radius 1 is 1.38 bits per heavy atom. The Morgan fingerprint density at radius 2 is 2.14 bits per heavy atom. The molecule has 1 aromatic heterocycles.